The lowest BCUT2D eigenvalue weighted by Gasteiger charge is -2.52. The number of piperidine rings is 1. The van der Waals surface area contributed by atoms with E-state index in [4.69, 9.17) is 0 Å². The fourth-order valence-electron chi connectivity index (χ4n) is 3.62. The minimum absolute atomic E-state index is 0.137. The Morgan fingerprint density at radius 3 is 2.11 bits per heavy atom. The lowest BCUT2D eigenvalue weighted by Crippen LogP contribution is -2.60. The van der Waals surface area contributed by atoms with Crippen LogP contribution in [0, 0.1) is 11.8 Å². The number of hydrogen-bond acceptors (Lipinski definition) is 3. The Hall–Kier alpha value is -0.610. The van der Waals surface area contributed by atoms with E-state index in [1.807, 2.05) is 27.7 Å². The number of carboxylic acid groups (broad SMARTS) is 1. The van der Waals surface area contributed by atoms with Gasteiger partial charge in [-0.15, -0.1) is 0 Å². The number of hydrogen-bond donors (Lipinski definition) is 2. The van der Waals surface area contributed by atoms with Crippen LogP contribution in [0.1, 0.15) is 66.7 Å². The van der Waals surface area contributed by atoms with Gasteiger partial charge in [-0.2, -0.15) is 5.06 Å². The van der Waals surface area contributed by atoms with Crippen molar-refractivity contribution >= 4 is 5.97 Å². The van der Waals surface area contributed by atoms with E-state index in [1.165, 1.54) is 5.06 Å². The van der Waals surface area contributed by atoms with E-state index in [-0.39, 0.29) is 22.9 Å². The van der Waals surface area contributed by atoms with Gasteiger partial charge < -0.3 is 10.3 Å². The molecule has 0 amide bonds. The minimum atomic E-state index is -0.684. The maximum Gasteiger partial charge on any atom is 0.306 e. The number of hydroxylamine groups is 2. The molecule has 2 N–H and O–H groups in total. The molecular weight excluding hydrogens is 242 g/mol. The fraction of sp³-hybridized carbons (Fsp3) is 0.933. The first-order chi connectivity index (χ1) is 8.62. The van der Waals surface area contributed by atoms with Crippen LogP contribution in [0.25, 0.3) is 0 Å². The smallest absolute Gasteiger partial charge is 0.306 e. The molecule has 4 heteroatoms. The third-order valence-electron chi connectivity index (χ3n) is 4.43. The van der Waals surface area contributed by atoms with Crippen LogP contribution in [-0.2, 0) is 4.79 Å². The van der Waals surface area contributed by atoms with Gasteiger partial charge in [0, 0.05) is 11.1 Å². The first-order valence-electron chi connectivity index (χ1n) is 7.34. The zero-order valence-corrected chi connectivity index (χ0v) is 12.9. The van der Waals surface area contributed by atoms with Gasteiger partial charge in [-0.1, -0.05) is 19.8 Å². The first-order valence-corrected chi connectivity index (χ1v) is 7.34. The van der Waals surface area contributed by atoms with Crippen LogP contribution in [0.3, 0.4) is 0 Å². The second-order valence-corrected chi connectivity index (χ2v) is 7.19. The first kappa shape index (κ1) is 16.4. The van der Waals surface area contributed by atoms with Gasteiger partial charge >= 0.3 is 5.97 Å². The third-order valence-corrected chi connectivity index (χ3v) is 4.43. The summed E-state index contributed by atoms with van der Waals surface area (Å²) < 4.78 is 0. The second-order valence-electron chi connectivity index (χ2n) is 7.19. The van der Waals surface area contributed by atoms with E-state index in [0.29, 0.717) is 0 Å². The molecule has 1 unspecified atom stereocenters. The number of aliphatic carboxylic acids is 1. The summed E-state index contributed by atoms with van der Waals surface area (Å²) in [5.41, 5.74) is -0.737. The van der Waals surface area contributed by atoms with Crippen molar-refractivity contribution in [1.82, 2.24) is 5.06 Å². The monoisotopic (exact) mass is 271 g/mol. The highest BCUT2D eigenvalue weighted by molar-refractivity contribution is 5.70. The maximum atomic E-state index is 11.5. The number of rotatable bonds is 5. The van der Waals surface area contributed by atoms with Gasteiger partial charge in [0.15, 0.2) is 0 Å². The molecule has 0 aromatic heterocycles. The predicted octanol–water partition coefficient (Wildman–Crippen LogP) is 3.54. The SMILES string of the molecule is CCCCC(C(=O)O)C1CC(C)(C)N(O)C(C)(C)C1. The molecule has 1 aliphatic rings. The van der Waals surface area contributed by atoms with Crippen molar-refractivity contribution in [2.24, 2.45) is 11.8 Å². The van der Waals surface area contributed by atoms with E-state index in [1.54, 1.807) is 0 Å². The van der Waals surface area contributed by atoms with E-state index >= 15 is 0 Å². The Bertz CT molecular complexity index is 307. The van der Waals surface area contributed by atoms with Gasteiger partial charge in [0.25, 0.3) is 0 Å². The summed E-state index contributed by atoms with van der Waals surface area (Å²) in [6.07, 6.45) is 4.18. The highest BCUT2D eigenvalue weighted by Gasteiger charge is 2.47. The topological polar surface area (TPSA) is 60.8 Å². The molecule has 0 aromatic carbocycles. The highest BCUT2D eigenvalue weighted by atomic mass is 16.5. The van der Waals surface area contributed by atoms with Crippen LogP contribution in [0.5, 0.6) is 0 Å². The van der Waals surface area contributed by atoms with Crippen molar-refractivity contribution in [1.29, 1.82) is 0 Å². The number of carboxylic acids is 1. The van der Waals surface area contributed by atoms with Crippen LogP contribution in [-0.4, -0.2) is 32.4 Å². The largest absolute Gasteiger partial charge is 0.481 e. The Morgan fingerprint density at radius 1 is 1.26 bits per heavy atom. The predicted molar refractivity (Wildman–Crippen MR) is 75.2 cm³/mol. The molecule has 1 atom stereocenters. The Morgan fingerprint density at radius 2 is 1.74 bits per heavy atom. The highest BCUT2D eigenvalue weighted by Crippen LogP contribution is 2.43. The van der Waals surface area contributed by atoms with Crippen molar-refractivity contribution in [2.75, 3.05) is 0 Å². The fourth-order valence-corrected chi connectivity index (χ4v) is 3.62. The Kier molecular flexibility index (Phi) is 5.02. The molecule has 0 saturated carbocycles. The lowest BCUT2D eigenvalue weighted by atomic mass is 9.69. The minimum Gasteiger partial charge on any atom is -0.481 e. The van der Waals surface area contributed by atoms with Crippen LogP contribution >= 0.6 is 0 Å². The lowest BCUT2D eigenvalue weighted by molar-refractivity contribution is -0.254. The van der Waals surface area contributed by atoms with Gasteiger partial charge in [0.1, 0.15) is 0 Å². The molecule has 0 bridgehead atoms. The zero-order valence-electron chi connectivity index (χ0n) is 12.9. The van der Waals surface area contributed by atoms with Gasteiger partial charge in [0.2, 0.25) is 0 Å². The summed E-state index contributed by atoms with van der Waals surface area (Å²) in [5.74, 6) is -0.832. The molecule has 4 nitrogen and oxygen atoms in total. The van der Waals surface area contributed by atoms with E-state index in [0.717, 1.165) is 32.1 Å². The molecule has 19 heavy (non-hydrogen) atoms. The van der Waals surface area contributed by atoms with Gasteiger partial charge in [0.05, 0.1) is 5.92 Å². The summed E-state index contributed by atoms with van der Waals surface area (Å²) in [4.78, 5) is 11.5. The summed E-state index contributed by atoms with van der Waals surface area (Å²) in [5, 5.41) is 21.2. The summed E-state index contributed by atoms with van der Waals surface area (Å²) >= 11 is 0. The van der Waals surface area contributed by atoms with E-state index in [9.17, 15) is 15.1 Å². The third kappa shape index (κ3) is 3.69. The zero-order chi connectivity index (χ0) is 14.8. The van der Waals surface area contributed by atoms with E-state index < -0.39 is 5.97 Å². The van der Waals surface area contributed by atoms with Crippen molar-refractivity contribution in [3.8, 4) is 0 Å². The normalized spacial score (nSPS) is 25.2. The van der Waals surface area contributed by atoms with E-state index in [2.05, 4.69) is 6.92 Å². The molecule has 112 valence electrons. The number of nitrogens with zero attached hydrogens (tertiary/aromatic N) is 1. The van der Waals surface area contributed by atoms with Crippen LogP contribution in [0.15, 0.2) is 0 Å². The van der Waals surface area contributed by atoms with Crippen molar-refractivity contribution in [3.63, 3.8) is 0 Å². The molecule has 1 fully saturated rings. The van der Waals surface area contributed by atoms with Crippen molar-refractivity contribution in [2.45, 2.75) is 77.8 Å². The molecule has 1 rings (SSSR count). The molecule has 1 heterocycles. The summed E-state index contributed by atoms with van der Waals surface area (Å²) in [7, 11) is 0. The quantitative estimate of drug-likeness (QED) is 0.803. The van der Waals surface area contributed by atoms with Crippen molar-refractivity contribution in [3.05, 3.63) is 0 Å². The molecule has 1 saturated heterocycles. The average Bonchev–Trinajstić information content (AvgIpc) is 2.25. The van der Waals surface area contributed by atoms with Crippen LogP contribution in [0.2, 0.25) is 0 Å². The summed E-state index contributed by atoms with van der Waals surface area (Å²) in [6, 6.07) is 0. The number of carbonyl (C=O) groups is 1. The van der Waals surface area contributed by atoms with Gasteiger partial charge in [-0.3, -0.25) is 4.79 Å². The van der Waals surface area contributed by atoms with Crippen LogP contribution in [0.4, 0.5) is 0 Å². The standard InChI is InChI=1S/C15H29NO3/c1-6-7-8-12(13(17)18)11-9-14(2,3)16(19)15(4,5)10-11/h11-12,19H,6-10H2,1-5H3,(H,17,18). The molecule has 1 aliphatic heterocycles. The summed E-state index contributed by atoms with van der Waals surface area (Å²) in [6.45, 7) is 10.0. The van der Waals surface area contributed by atoms with Crippen LogP contribution < -0.4 is 0 Å². The van der Waals surface area contributed by atoms with Crippen molar-refractivity contribution < 1.29 is 15.1 Å². The average molecular weight is 271 g/mol. The Balaban J connectivity index is 2.90. The Labute approximate surface area is 116 Å². The molecule has 0 aromatic rings. The maximum absolute atomic E-state index is 11.5. The number of unbranched alkanes of at least 4 members (excludes halogenated alkanes) is 1. The van der Waals surface area contributed by atoms with Gasteiger partial charge in [-0.25, -0.2) is 0 Å². The second kappa shape index (κ2) is 5.80. The molecule has 0 radical (unpaired) electrons. The molecule has 0 spiro atoms. The van der Waals surface area contributed by atoms with Gasteiger partial charge in [-0.05, 0) is 52.9 Å². The molecular formula is C15H29NO3. The molecule has 0 aliphatic carbocycles.